The Hall–Kier alpha value is -2.23. The van der Waals surface area contributed by atoms with E-state index in [2.05, 4.69) is 30.7 Å². The van der Waals surface area contributed by atoms with Crippen LogP contribution in [0.5, 0.6) is 0 Å². The summed E-state index contributed by atoms with van der Waals surface area (Å²) in [7, 11) is 1.83. The lowest BCUT2D eigenvalue weighted by molar-refractivity contribution is 0.0727. The molecule has 116 valence electrons. The van der Waals surface area contributed by atoms with Crippen LogP contribution >= 0.6 is 0 Å². The Morgan fingerprint density at radius 3 is 2.23 bits per heavy atom. The Morgan fingerprint density at radius 1 is 1.09 bits per heavy atom. The highest BCUT2D eigenvalue weighted by Crippen LogP contribution is 2.15. The zero-order chi connectivity index (χ0) is 16.1. The van der Waals surface area contributed by atoms with Crippen molar-refractivity contribution >= 4 is 5.91 Å². The minimum Gasteiger partial charge on any atom is -0.339 e. The molecule has 0 saturated heterocycles. The molecular formula is C18H23N3O. The van der Waals surface area contributed by atoms with Gasteiger partial charge in [-0.2, -0.15) is 0 Å². The third-order valence-electron chi connectivity index (χ3n) is 3.72. The summed E-state index contributed by atoms with van der Waals surface area (Å²) in [6.07, 6.45) is 4.19. The summed E-state index contributed by atoms with van der Waals surface area (Å²) in [5.41, 5.74) is 1.47. The van der Waals surface area contributed by atoms with Gasteiger partial charge in [-0.3, -0.25) is 4.79 Å². The number of hydrogen-bond acceptors (Lipinski definition) is 3. The van der Waals surface area contributed by atoms with Gasteiger partial charge >= 0.3 is 0 Å². The van der Waals surface area contributed by atoms with Crippen molar-refractivity contribution in [2.75, 3.05) is 7.05 Å². The van der Waals surface area contributed by atoms with Gasteiger partial charge in [0.1, 0.15) is 0 Å². The number of carbonyl (C=O) groups is 1. The van der Waals surface area contributed by atoms with Crippen LogP contribution in [0.1, 0.15) is 37.6 Å². The smallest absolute Gasteiger partial charge is 0.256 e. The predicted octanol–water partition coefficient (Wildman–Crippen LogP) is 3.65. The SMILES string of the molecule is CC(C)C[C@@H](C)N(C)C(=O)c1cnc(-c2ccccc2)nc1. The molecule has 1 heterocycles. The van der Waals surface area contributed by atoms with E-state index in [-0.39, 0.29) is 11.9 Å². The molecule has 0 aliphatic heterocycles. The summed E-state index contributed by atoms with van der Waals surface area (Å²) in [6.45, 7) is 6.39. The zero-order valence-electron chi connectivity index (χ0n) is 13.7. The maximum Gasteiger partial charge on any atom is 0.256 e. The van der Waals surface area contributed by atoms with Crippen molar-refractivity contribution in [1.82, 2.24) is 14.9 Å². The van der Waals surface area contributed by atoms with Gasteiger partial charge in [-0.25, -0.2) is 9.97 Å². The Kier molecular flexibility index (Phi) is 5.26. The molecule has 1 aromatic heterocycles. The van der Waals surface area contributed by atoms with Gasteiger partial charge in [0.25, 0.3) is 5.91 Å². The number of carbonyl (C=O) groups excluding carboxylic acids is 1. The van der Waals surface area contributed by atoms with Gasteiger partial charge in [0.15, 0.2) is 5.82 Å². The third-order valence-corrected chi connectivity index (χ3v) is 3.72. The summed E-state index contributed by atoms with van der Waals surface area (Å²) >= 11 is 0. The van der Waals surface area contributed by atoms with Crippen LogP contribution in [-0.4, -0.2) is 33.9 Å². The average molecular weight is 297 g/mol. The van der Waals surface area contributed by atoms with E-state index >= 15 is 0 Å². The first-order valence-corrected chi connectivity index (χ1v) is 7.63. The van der Waals surface area contributed by atoms with Gasteiger partial charge in [-0.05, 0) is 19.3 Å². The molecule has 4 heteroatoms. The van der Waals surface area contributed by atoms with Gasteiger partial charge in [0, 0.05) is 31.0 Å². The summed E-state index contributed by atoms with van der Waals surface area (Å²) in [6, 6.07) is 9.94. The lowest BCUT2D eigenvalue weighted by Gasteiger charge is -2.26. The van der Waals surface area contributed by atoms with Gasteiger partial charge < -0.3 is 4.90 Å². The molecule has 2 rings (SSSR count). The molecule has 22 heavy (non-hydrogen) atoms. The van der Waals surface area contributed by atoms with Crippen molar-refractivity contribution < 1.29 is 4.79 Å². The molecule has 4 nitrogen and oxygen atoms in total. The first-order valence-electron chi connectivity index (χ1n) is 7.63. The number of benzene rings is 1. The van der Waals surface area contributed by atoms with Crippen LogP contribution in [0.15, 0.2) is 42.7 Å². The van der Waals surface area contributed by atoms with E-state index in [1.165, 1.54) is 0 Å². The molecule has 0 fully saturated rings. The molecule has 0 unspecified atom stereocenters. The molecule has 2 aromatic rings. The summed E-state index contributed by atoms with van der Waals surface area (Å²) in [5.74, 6) is 1.16. The Balaban J connectivity index is 2.11. The van der Waals surface area contributed by atoms with Gasteiger partial charge in [-0.1, -0.05) is 44.2 Å². The van der Waals surface area contributed by atoms with Crippen molar-refractivity contribution in [3.05, 3.63) is 48.3 Å². The molecule has 1 aromatic carbocycles. The highest BCUT2D eigenvalue weighted by atomic mass is 16.2. The van der Waals surface area contributed by atoms with Gasteiger partial charge in [0.2, 0.25) is 0 Å². The molecule has 0 aliphatic rings. The first kappa shape index (κ1) is 16.1. The molecule has 0 bridgehead atoms. The van der Waals surface area contributed by atoms with Crippen LogP contribution in [0, 0.1) is 5.92 Å². The fraction of sp³-hybridized carbons (Fsp3) is 0.389. The van der Waals surface area contributed by atoms with Crippen molar-refractivity contribution in [3.8, 4) is 11.4 Å². The molecule has 1 amide bonds. The predicted molar refractivity (Wildman–Crippen MR) is 88.5 cm³/mol. The van der Waals surface area contributed by atoms with Crippen molar-refractivity contribution in [1.29, 1.82) is 0 Å². The Bertz CT molecular complexity index is 608. The lowest BCUT2D eigenvalue weighted by atomic mass is 10.0. The van der Waals surface area contributed by atoms with Crippen molar-refractivity contribution in [2.45, 2.75) is 33.2 Å². The van der Waals surface area contributed by atoms with Crippen LogP contribution in [-0.2, 0) is 0 Å². The zero-order valence-corrected chi connectivity index (χ0v) is 13.7. The Morgan fingerprint density at radius 2 is 1.68 bits per heavy atom. The number of hydrogen-bond donors (Lipinski definition) is 0. The molecule has 0 aliphatic carbocycles. The number of nitrogens with zero attached hydrogens (tertiary/aromatic N) is 3. The van der Waals surface area contributed by atoms with Crippen LogP contribution in [0.25, 0.3) is 11.4 Å². The summed E-state index contributed by atoms with van der Waals surface area (Å²) in [4.78, 5) is 22.9. The first-order chi connectivity index (χ1) is 10.5. The number of aromatic nitrogens is 2. The highest BCUT2D eigenvalue weighted by molar-refractivity contribution is 5.93. The van der Waals surface area contributed by atoms with Crippen LogP contribution in [0.2, 0.25) is 0 Å². The van der Waals surface area contributed by atoms with E-state index in [1.807, 2.05) is 37.4 Å². The molecule has 0 spiro atoms. The molecular weight excluding hydrogens is 274 g/mol. The third kappa shape index (κ3) is 3.91. The minimum absolute atomic E-state index is 0.0345. The van der Waals surface area contributed by atoms with Gasteiger partial charge in [0.05, 0.1) is 5.56 Å². The average Bonchev–Trinajstić information content (AvgIpc) is 2.54. The second-order valence-corrected chi connectivity index (χ2v) is 6.06. The maximum absolute atomic E-state index is 12.5. The van der Waals surface area contributed by atoms with Crippen LogP contribution < -0.4 is 0 Å². The van der Waals surface area contributed by atoms with E-state index in [0.29, 0.717) is 17.3 Å². The van der Waals surface area contributed by atoms with Crippen molar-refractivity contribution in [3.63, 3.8) is 0 Å². The quantitative estimate of drug-likeness (QED) is 0.846. The minimum atomic E-state index is -0.0345. The largest absolute Gasteiger partial charge is 0.339 e. The van der Waals surface area contributed by atoms with E-state index in [4.69, 9.17) is 0 Å². The topological polar surface area (TPSA) is 46.1 Å². The normalized spacial score (nSPS) is 12.2. The molecule has 0 N–H and O–H groups in total. The molecule has 1 atom stereocenters. The monoisotopic (exact) mass is 297 g/mol. The summed E-state index contributed by atoms with van der Waals surface area (Å²) in [5, 5.41) is 0. The standard InChI is InChI=1S/C18H23N3O/c1-13(2)10-14(3)21(4)18(22)16-11-19-17(20-12-16)15-8-6-5-7-9-15/h5-9,11-14H,10H2,1-4H3/t14-/m1/s1. The molecule has 0 saturated carbocycles. The van der Waals surface area contributed by atoms with E-state index in [9.17, 15) is 4.79 Å². The second-order valence-electron chi connectivity index (χ2n) is 6.06. The van der Waals surface area contributed by atoms with Gasteiger partial charge in [-0.15, -0.1) is 0 Å². The van der Waals surface area contributed by atoms with E-state index < -0.39 is 0 Å². The lowest BCUT2D eigenvalue weighted by Crippen LogP contribution is -2.36. The fourth-order valence-corrected chi connectivity index (χ4v) is 2.42. The van der Waals surface area contributed by atoms with Crippen molar-refractivity contribution in [2.24, 2.45) is 5.92 Å². The Labute approximate surface area is 132 Å². The number of rotatable bonds is 5. The van der Waals surface area contributed by atoms with E-state index in [0.717, 1.165) is 12.0 Å². The second kappa shape index (κ2) is 7.16. The van der Waals surface area contributed by atoms with Crippen LogP contribution in [0.3, 0.4) is 0 Å². The molecule has 0 radical (unpaired) electrons. The van der Waals surface area contributed by atoms with Crippen LogP contribution in [0.4, 0.5) is 0 Å². The highest BCUT2D eigenvalue weighted by Gasteiger charge is 2.19. The van der Waals surface area contributed by atoms with E-state index in [1.54, 1.807) is 17.3 Å². The number of amides is 1. The fourth-order valence-electron chi connectivity index (χ4n) is 2.42. The summed E-state index contributed by atoms with van der Waals surface area (Å²) < 4.78 is 0. The maximum atomic E-state index is 12.5.